The fourth-order valence-corrected chi connectivity index (χ4v) is 4.98. The summed E-state index contributed by atoms with van der Waals surface area (Å²) in [4.78, 5) is 37.9. The number of amides is 2. The van der Waals surface area contributed by atoms with Gasteiger partial charge >= 0.3 is 5.97 Å². The number of hydrogen-bond acceptors (Lipinski definition) is 5. The minimum atomic E-state index is -0.567. The van der Waals surface area contributed by atoms with Crippen LogP contribution < -0.4 is 10.6 Å². The zero-order valence-corrected chi connectivity index (χ0v) is 20.3. The highest BCUT2D eigenvalue weighted by Crippen LogP contribution is 2.44. The van der Waals surface area contributed by atoms with Crippen LogP contribution in [0.25, 0.3) is 0 Å². The average molecular weight is 497 g/mol. The Labute approximate surface area is 207 Å². The standard InChI is InChI=1S/C26H25ClN2O4S/c1-33-24(31)19-11-18(12-22(14-19)29-23(30)13-17-7-10-34-16-17)15-28-25(32)26(8-2-9-26)20-3-5-21(27)6-4-20/h3-7,10-12,14,16H,2,8-9,13,15H2,1H3,(H,28,32)(H,29,30). The molecule has 0 saturated heterocycles. The lowest BCUT2D eigenvalue weighted by Crippen LogP contribution is -2.49. The average Bonchev–Trinajstić information content (AvgIpc) is 3.30. The zero-order valence-electron chi connectivity index (χ0n) is 18.7. The highest BCUT2D eigenvalue weighted by Gasteiger charge is 2.45. The summed E-state index contributed by atoms with van der Waals surface area (Å²) in [6, 6.07) is 14.3. The third kappa shape index (κ3) is 5.32. The Morgan fingerprint density at radius 2 is 1.82 bits per heavy atom. The van der Waals surface area contributed by atoms with Crippen molar-refractivity contribution in [3.05, 3.63) is 86.6 Å². The van der Waals surface area contributed by atoms with Gasteiger partial charge in [-0.3, -0.25) is 9.59 Å². The number of ether oxygens (including phenoxy) is 1. The predicted molar refractivity (Wildman–Crippen MR) is 133 cm³/mol. The maximum Gasteiger partial charge on any atom is 0.337 e. The molecule has 1 aromatic heterocycles. The molecule has 1 fully saturated rings. The van der Waals surface area contributed by atoms with Crippen molar-refractivity contribution in [3.63, 3.8) is 0 Å². The van der Waals surface area contributed by atoms with Crippen LogP contribution in [0.1, 0.15) is 46.3 Å². The van der Waals surface area contributed by atoms with Gasteiger partial charge in [0.1, 0.15) is 0 Å². The first-order valence-electron chi connectivity index (χ1n) is 11.0. The molecular formula is C26H25ClN2O4S. The summed E-state index contributed by atoms with van der Waals surface area (Å²) in [7, 11) is 1.30. The molecule has 0 aliphatic heterocycles. The number of rotatable bonds is 8. The normalized spacial score (nSPS) is 14.1. The van der Waals surface area contributed by atoms with Crippen molar-refractivity contribution in [1.82, 2.24) is 5.32 Å². The minimum absolute atomic E-state index is 0.0624. The highest BCUT2D eigenvalue weighted by molar-refractivity contribution is 7.08. The number of hydrogen-bond donors (Lipinski definition) is 2. The van der Waals surface area contributed by atoms with Crippen LogP contribution in [0.2, 0.25) is 5.02 Å². The van der Waals surface area contributed by atoms with Crippen LogP contribution in [0.3, 0.4) is 0 Å². The molecular weight excluding hydrogens is 472 g/mol. The Morgan fingerprint density at radius 1 is 1.06 bits per heavy atom. The molecule has 4 rings (SSSR count). The Bertz CT molecular complexity index is 1190. The summed E-state index contributed by atoms with van der Waals surface area (Å²) in [5.74, 6) is -0.766. The molecule has 3 aromatic rings. The van der Waals surface area contributed by atoms with Crippen LogP contribution in [0, 0.1) is 0 Å². The Morgan fingerprint density at radius 3 is 2.44 bits per heavy atom. The zero-order chi connectivity index (χ0) is 24.1. The van der Waals surface area contributed by atoms with E-state index < -0.39 is 11.4 Å². The molecule has 0 spiro atoms. The number of esters is 1. The van der Waals surface area contributed by atoms with Gasteiger partial charge in [-0.25, -0.2) is 4.79 Å². The number of thiophene rings is 1. The lowest BCUT2D eigenvalue weighted by molar-refractivity contribution is -0.130. The number of nitrogens with one attached hydrogen (secondary N) is 2. The second-order valence-corrected chi connectivity index (χ2v) is 9.61. The van der Waals surface area contributed by atoms with Crippen molar-refractivity contribution in [2.24, 2.45) is 0 Å². The van der Waals surface area contributed by atoms with Gasteiger partial charge in [-0.1, -0.05) is 30.2 Å². The summed E-state index contributed by atoms with van der Waals surface area (Å²) < 4.78 is 4.86. The summed E-state index contributed by atoms with van der Waals surface area (Å²) in [6.45, 7) is 0.215. The van der Waals surface area contributed by atoms with Gasteiger partial charge in [0.05, 0.1) is 24.5 Å². The molecule has 0 atom stereocenters. The van der Waals surface area contributed by atoms with Gasteiger partial charge in [-0.15, -0.1) is 0 Å². The smallest absolute Gasteiger partial charge is 0.337 e. The lowest BCUT2D eigenvalue weighted by atomic mass is 9.64. The molecule has 2 aromatic carbocycles. The first-order valence-corrected chi connectivity index (χ1v) is 12.3. The number of anilines is 1. The van der Waals surface area contributed by atoms with E-state index >= 15 is 0 Å². The highest BCUT2D eigenvalue weighted by atomic mass is 35.5. The molecule has 2 amide bonds. The maximum atomic E-state index is 13.2. The van der Waals surface area contributed by atoms with E-state index in [1.54, 1.807) is 30.3 Å². The molecule has 0 radical (unpaired) electrons. The first kappa shape index (κ1) is 24.0. The van der Waals surface area contributed by atoms with Crippen molar-refractivity contribution in [2.75, 3.05) is 12.4 Å². The summed E-state index contributed by atoms with van der Waals surface area (Å²) in [5, 5.41) is 10.3. The van der Waals surface area contributed by atoms with Crippen LogP contribution in [-0.2, 0) is 32.7 Å². The second-order valence-electron chi connectivity index (χ2n) is 8.39. The van der Waals surface area contributed by atoms with E-state index in [0.717, 1.165) is 30.4 Å². The maximum absolute atomic E-state index is 13.2. The van der Waals surface area contributed by atoms with Crippen LogP contribution >= 0.6 is 22.9 Å². The van der Waals surface area contributed by atoms with Crippen molar-refractivity contribution in [2.45, 2.75) is 37.6 Å². The van der Waals surface area contributed by atoms with Gasteiger partial charge in [0, 0.05) is 17.3 Å². The third-order valence-corrected chi connectivity index (χ3v) is 7.12. The molecule has 1 aliphatic rings. The van der Waals surface area contributed by atoms with Crippen LogP contribution in [0.4, 0.5) is 5.69 Å². The number of carbonyl (C=O) groups is 3. The molecule has 6 nitrogen and oxygen atoms in total. The van der Waals surface area contributed by atoms with Crippen molar-refractivity contribution >= 4 is 46.4 Å². The van der Waals surface area contributed by atoms with Crippen LogP contribution in [-0.4, -0.2) is 24.9 Å². The topological polar surface area (TPSA) is 84.5 Å². The number of benzene rings is 2. The minimum Gasteiger partial charge on any atom is -0.465 e. The van der Waals surface area contributed by atoms with Gasteiger partial charge < -0.3 is 15.4 Å². The van der Waals surface area contributed by atoms with E-state index in [-0.39, 0.29) is 24.8 Å². The van der Waals surface area contributed by atoms with Crippen molar-refractivity contribution in [1.29, 1.82) is 0 Å². The molecule has 2 N–H and O–H groups in total. The Hall–Kier alpha value is -3.16. The second kappa shape index (κ2) is 10.4. The largest absolute Gasteiger partial charge is 0.465 e. The van der Waals surface area contributed by atoms with E-state index in [0.29, 0.717) is 21.8 Å². The SMILES string of the molecule is COC(=O)c1cc(CNC(=O)C2(c3ccc(Cl)cc3)CCC2)cc(NC(=O)Cc2ccsc2)c1. The molecule has 1 aliphatic carbocycles. The Balaban J connectivity index is 1.49. The first-order chi connectivity index (χ1) is 16.4. The fraction of sp³-hybridized carbons (Fsp3) is 0.269. The predicted octanol–water partition coefficient (Wildman–Crippen LogP) is 5.11. The van der Waals surface area contributed by atoms with Gasteiger partial charge in [-0.05, 0) is 76.7 Å². The van der Waals surface area contributed by atoms with Crippen LogP contribution in [0.5, 0.6) is 0 Å². The van der Waals surface area contributed by atoms with Crippen LogP contribution in [0.15, 0.2) is 59.3 Å². The van der Waals surface area contributed by atoms with E-state index in [9.17, 15) is 14.4 Å². The molecule has 8 heteroatoms. The quantitative estimate of drug-likeness (QED) is 0.424. The van der Waals surface area contributed by atoms with Crippen molar-refractivity contribution < 1.29 is 19.1 Å². The molecule has 176 valence electrons. The van der Waals surface area contributed by atoms with E-state index in [2.05, 4.69) is 10.6 Å². The Kier molecular flexibility index (Phi) is 7.34. The molecule has 1 heterocycles. The van der Waals surface area contributed by atoms with E-state index in [1.165, 1.54) is 18.4 Å². The molecule has 0 bridgehead atoms. The van der Waals surface area contributed by atoms with E-state index in [4.69, 9.17) is 16.3 Å². The van der Waals surface area contributed by atoms with Gasteiger partial charge in [0.2, 0.25) is 11.8 Å². The third-order valence-electron chi connectivity index (χ3n) is 6.13. The number of methoxy groups -OCH3 is 1. The van der Waals surface area contributed by atoms with Crippen molar-refractivity contribution in [3.8, 4) is 0 Å². The van der Waals surface area contributed by atoms with Gasteiger partial charge in [0.15, 0.2) is 0 Å². The summed E-state index contributed by atoms with van der Waals surface area (Å²) in [6.07, 6.45) is 2.76. The van der Waals surface area contributed by atoms with Gasteiger partial charge in [0.25, 0.3) is 0 Å². The summed E-state index contributed by atoms with van der Waals surface area (Å²) >= 11 is 7.55. The molecule has 1 saturated carbocycles. The lowest BCUT2D eigenvalue weighted by Gasteiger charge is -2.40. The van der Waals surface area contributed by atoms with Gasteiger partial charge in [-0.2, -0.15) is 11.3 Å². The molecule has 34 heavy (non-hydrogen) atoms. The number of carbonyl (C=O) groups excluding carboxylic acids is 3. The fourth-order valence-electron chi connectivity index (χ4n) is 4.18. The van der Waals surface area contributed by atoms with E-state index in [1.807, 2.05) is 29.0 Å². The monoisotopic (exact) mass is 496 g/mol. The summed E-state index contributed by atoms with van der Waals surface area (Å²) in [5.41, 5.74) is 2.77. The molecule has 0 unspecified atom stereocenters. The number of halogens is 1.